The average Bonchev–Trinajstić information content (AvgIpc) is 2.83. The van der Waals surface area contributed by atoms with Crippen molar-refractivity contribution < 1.29 is 13.8 Å². The van der Waals surface area contributed by atoms with Crippen LogP contribution in [0.15, 0.2) is 65.1 Å². The second-order valence-electron chi connectivity index (χ2n) is 6.61. The van der Waals surface area contributed by atoms with Crippen molar-refractivity contribution in [1.29, 1.82) is 0 Å². The average molecular weight is 447 g/mol. The number of hydrogen-bond donors (Lipinski definition) is 0. The quantitative estimate of drug-likeness (QED) is 0.498. The third-order valence-electron chi connectivity index (χ3n) is 5.07. The van der Waals surface area contributed by atoms with Gasteiger partial charge in [0.15, 0.2) is 0 Å². The van der Waals surface area contributed by atoms with E-state index in [0.29, 0.717) is 9.78 Å². The summed E-state index contributed by atoms with van der Waals surface area (Å²) in [6.45, 7) is 0. The molecule has 1 heterocycles. The predicted molar refractivity (Wildman–Crippen MR) is 109 cm³/mol. The molecule has 0 spiro atoms. The highest BCUT2D eigenvalue weighted by atomic mass is 79.9. The first-order valence-corrected chi connectivity index (χ1v) is 10.9. The van der Waals surface area contributed by atoms with Gasteiger partial charge in [0.2, 0.25) is 7.29 Å². The molecular weight excluding hydrogens is 430 g/mol. The minimum atomic E-state index is -3.45. The summed E-state index contributed by atoms with van der Waals surface area (Å²) in [7, 11) is -0.369. The van der Waals surface area contributed by atoms with Gasteiger partial charge in [-0.1, -0.05) is 52.3 Å². The molecule has 0 bridgehead atoms. The number of amides is 2. The highest BCUT2D eigenvalue weighted by Crippen LogP contribution is 2.66. The number of nitrogens with zero attached hydrogens (tertiary/aromatic N) is 2. The molecular formula is C20H17BrFN2O2P. The molecule has 3 aromatic carbocycles. The Hall–Kier alpha value is -2.17. The van der Waals surface area contributed by atoms with Crippen LogP contribution in [-0.4, -0.2) is 29.7 Å². The summed E-state index contributed by atoms with van der Waals surface area (Å²) >= 11 is 3.24. The molecule has 3 aromatic rings. The van der Waals surface area contributed by atoms with Gasteiger partial charge in [-0.15, -0.1) is 0 Å². The molecule has 1 aliphatic rings. The zero-order valence-electron chi connectivity index (χ0n) is 14.8. The van der Waals surface area contributed by atoms with Gasteiger partial charge in [-0.05, 0) is 35.0 Å². The van der Waals surface area contributed by atoms with Crippen LogP contribution in [0.1, 0.15) is 11.3 Å². The van der Waals surface area contributed by atoms with E-state index in [1.807, 2.05) is 36.4 Å². The van der Waals surface area contributed by atoms with Crippen LogP contribution in [0.3, 0.4) is 0 Å². The molecule has 2 amide bonds. The maximum Gasteiger partial charge on any atom is 0.326 e. The number of rotatable bonds is 2. The number of carbonyl (C=O) groups excluding carboxylic acids is 1. The standard InChI is InChI=1S/C20H17BrFN2O2P/c1-23-19(17-10-8-15(21)12-18(17)22)27(26,24(2)20(23)25)16-9-7-13-5-3-4-6-14(13)11-16/h3-12,19H,1-2H3. The molecule has 2 atom stereocenters. The lowest BCUT2D eigenvalue weighted by Gasteiger charge is -2.27. The van der Waals surface area contributed by atoms with Crippen LogP contribution in [0.4, 0.5) is 9.18 Å². The van der Waals surface area contributed by atoms with Crippen molar-refractivity contribution in [3.8, 4) is 0 Å². The molecule has 1 aliphatic heterocycles. The first-order chi connectivity index (χ1) is 12.8. The lowest BCUT2D eigenvalue weighted by molar-refractivity contribution is 0.202. The number of fused-ring (bicyclic) bond motifs is 1. The SMILES string of the molecule is CN1C(=O)N(C)P(=O)(c2ccc3ccccc3c2)C1c1ccc(Br)cc1F. The lowest BCUT2D eigenvalue weighted by Crippen LogP contribution is -2.26. The molecule has 0 radical (unpaired) electrons. The topological polar surface area (TPSA) is 40.6 Å². The van der Waals surface area contributed by atoms with Gasteiger partial charge in [0.1, 0.15) is 11.6 Å². The fraction of sp³-hybridized carbons (Fsp3) is 0.150. The van der Waals surface area contributed by atoms with E-state index in [9.17, 15) is 13.8 Å². The number of carbonyl (C=O) groups is 1. The van der Waals surface area contributed by atoms with Crippen LogP contribution in [0.25, 0.3) is 10.8 Å². The first kappa shape index (κ1) is 18.2. The summed E-state index contributed by atoms with van der Waals surface area (Å²) < 4.78 is 30.9. The summed E-state index contributed by atoms with van der Waals surface area (Å²) in [6.07, 6.45) is 0. The van der Waals surface area contributed by atoms with Crippen molar-refractivity contribution in [1.82, 2.24) is 9.57 Å². The van der Waals surface area contributed by atoms with E-state index < -0.39 is 18.9 Å². The summed E-state index contributed by atoms with van der Waals surface area (Å²) in [4.78, 5) is 14.0. The molecule has 1 fully saturated rings. The Bertz CT molecular complexity index is 1120. The van der Waals surface area contributed by atoms with Gasteiger partial charge in [-0.25, -0.2) is 9.18 Å². The second-order valence-corrected chi connectivity index (χ2v) is 10.4. The Morgan fingerprint density at radius 3 is 2.41 bits per heavy atom. The maximum atomic E-state index is 14.7. The monoisotopic (exact) mass is 446 g/mol. The van der Waals surface area contributed by atoms with E-state index >= 15 is 0 Å². The summed E-state index contributed by atoms with van der Waals surface area (Å²) in [5.41, 5.74) is 0.245. The van der Waals surface area contributed by atoms with Crippen molar-refractivity contribution >= 4 is 45.3 Å². The van der Waals surface area contributed by atoms with E-state index in [2.05, 4.69) is 15.9 Å². The smallest absolute Gasteiger partial charge is 0.311 e. The van der Waals surface area contributed by atoms with Crippen molar-refractivity contribution in [2.75, 3.05) is 14.1 Å². The molecule has 4 rings (SSSR count). The van der Waals surface area contributed by atoms with Crippen molar-refractivity contribution in [3.63, 3.8) is 0 Å². The molecule has 0 saturated carbocycles. The van der Waals surface area contributed by atoms with Gasteiger partial charge in [0.25, 0.3) is 0 Å². The fourth-order valence-corrected chi connectivity index (χ4v) is 7.11. The number of hydrogen-bond acceptors (Lipinski definition) is 2. The molecule has 27 heavy (non-hydrogen) atoms. The normalized spacial score (nSPS) is 22.7. The first-order valence-electron chi connectivity index (χ1n) is 8.39. The highest BCUT2D eigenvalue weighted by Gasteiger charge is 2.53. The molecule has 0 aliphatic carbocycles. The van der Waals surface area contributed by atoms with Crippen molar-refractivity contribution in [2.24, 2.45) is 0 Å². The summed E-state index contributed by atoms with van der Waals surface area (Å²) in [6, 6.07) is 17.5. The second kappa shape index (κ2) is 6.47. The van der Waals surface area contributed by atoms with Gasteiger partial charge >= 0.3 is 6.03 Å². The zero-order valence-corrected chi connectivity index (χ0v) is 17.2. The van der Waals surface area contributed by atoms with E-state index in [-0.39, 0.29) is 11.6 Å². The Morgan fingerprint density at radius 1 is 1.00 bits per heavy atom. The van der Waals surface area contributed by atoms with Gasteiger partial charge in [-0.3, -0.25) is 9.24 Å². The Morgan fingerprint density at radius 2 is 1.70 bits per heavy atom. The summed E-state index contributed by atoms with van der Waals surface area (Å²) in [5, 5.41) is 2.48. The van der Waals surface area contributed by atoms with E-state index in [1.54, 1.807) is 25.2 Å². The molecule has 0 aromatic heterocycles. The van der Waals surface area contributed by atoms with Gasteiger partial charge < -0.3 is 4.90 Å². The minimum absolute atomic E-state index is 0.245. The van der Waals surface area contributed by atoms with Crippen LogP contribution in [-0.2, 0) is 4.57 Å². The fourth-order valence-electron chi connectivity index (χ4n) is 3.66. The van der Waals surface area contributed by atoms with Gasteiger partial charge in [-0.2, -0.15) is 0 Å². The number of halogens is 2. The number of benzene rings is 3. The van der Waals surface area contributed by atoms with Gasteiger partial charge in [0.05, 0.1) is 0 Å². The Kier molecular flexibility index (Phi) is 4.36. The van der Waals surface area contributed by atoms with Crippen LogP contribution in [0, 0.1) is 5.82 Å². The Balaban J connectivity index is 1.95. The van der Waals surface area contributed by atoms with E-state index in [4.69, 9.17) is 0 Å². The van der Waals surface area contributed by atoms with Gasteiger partial charge in [0, 0.05) is 29.4 Å². The zero-order chi connectivity index (χ0) is 19.3. The minimum Gasteiger partial charge on any atom is -0.311 e. The molecule has 0 N–H and O–H groups in total. The molecule has 138 valence electrons. The Labute approximate surface area is 165 Å². The summed E-state index contributed by atoms with van der Waals surface area (Å²) in [5.74, 6) is -1.38. The molecule has 2 unspecified atom stereocenters. The lowest BCUT2D eigenvalue weighted by atomic mass is 10.1. The predicted octanol–water partition coefficient (Wildman–Crippen LogP) is 5.34. The molecule has 4 nitrogen and oxygen atoms in total. The largest absolute Gasteiger partial charge is 0.326 e. The van der Waals surface area contributed by atoms with E-state index in [0.717, 1.165) is 10.8 Å². The molecule has 7 heteroatoms. The van der Waals surface area contributed by atoms with E-state index in [1.165, 1.54) is 22.7 Å². The van der Waals surface area contributed by atoms with Crippen molar-refractivity contribution in [2.45, 2.75) is 5.78 Å². The van der Waals surface area contributed by atoms with Crippen molar-refractivity contribution in [3.05, 3.63) is 76.5 Å². The highest BCUT2D eigenvalue weighted by molar-refractivity contribution is 9.10. The molecule has 1 saturated heterocycles. The van der Waals surface area contributed by atoms with Crippen LogP contribution in [0.2, 0.25) is 0 Å². The number of urea groups is 1. The van der Waals surface area contributed by atoms with Crippen LogP contribution in [0.5, 0.6) is 0 Å². The third kappa shape index (κ3) is 2.70. The maximum absolute atomic E-state index is 14.7. The van der Waals surface area contributed by atoms with Crippen LogP contribution >= 0.6 is 23.2 Å². The van der Waals surface area contributed by atoms with Crippen LogP contribution < -0.4 is 5.30 Å². The third-order valence-corrected chi connectivity index (χ3v) is 8.93.